The van der Waals surface area contributed by atoms with Crippen molar-refractivity contribution >= 4 is 29.0 Å². The largest absolute Gasteiger partial charge is 0.379 e. The molecule has 0 bridgehead atoms. The minimum absolute atomic E-state index is 0.262. The molecule has 1 saturated heterocycles. The second-order valence-corrected chi connectivity index (χ2v) is 6.53. The summed E-state index contributed by atoms with van der Waals surface area (Å²) >= 11 is 5.93. The first-order valence-corrected chi connectivity index (χ1v) is 8.95. The highest BCUT2D eigenvalue weighted by molar-refractivity contribution is 6.30. The van der Waals surface area contributed by atoms with Gasteiger partial charge in [-0.2, -0.15) is 0 Å². The van der Waals surface area contributed by atoms with Crippen LogP contribution in [0.25, 0.3) is 0 Å². The maximum Gasteiger partial charge on any atom is 0.276 e. The number of benzene rings is 1. The van der Waals surface area contributed by atoms with E-state index in [1.54, 1.807) is 30.3 Å². The zero-order valence-electron chi connectivity index (χ0n) is 14.7. The van der Waals surface area contributed by atoms with E-state index in [1.165, 1.54) is 0 Å². The maximum absolute atomic E-state index is 12.3. The monoisotopic (exact) mass is 375 g/mol. The van der Waals surface area contributed by atoms with Crippen LogP contribution in [0.15, 0.2) is 30.3 Å². The van der Waals surface area contributed by atoms with Crippen LogP contribution in [0.5, 0.6) is 0 Å². The van der Waals surface area contributed by atoms with E-state index >= 15 is 0 Å². The van der Waals surface area contributed by atoms with Crippen molar-refractivity contribution in [3.05, 3.63) is 46.6 Å². The molecule has 1 amide bonds. The Morgan fingerprint density at radius 3 is 2.73 bits per heavy atom. The van der Waals surface area contributed by atoms with Crippen LogP contribution in [0.1, 0.15) is 16.1 Å². The van der Waals surface area contributed by atoms with Gasteiger partial charge in [0.25, 0.3) is 5.91 Å². The summed E-state index contributed by atoms with van der Waals surface area (Å²) in [5.41, 5.74) is 1.85. The average molecular weight is 376 g/mol. The maximum atomic E-state index is 12.3. The number of hydrogen-bond acceptors (Lipinski definition) is 6. The third-order valence-corrected chi connectivity index (χ3v) is 4.41. The van der Waals surface area contributed by atoms with Crippen LogP contribution in [0.3, 0.4) is 0 Å². The molecule has 1 aromatic heterocycles. The summed E-state index contributed by atoms with van der Waals surface area (Å²) in [5.74, 6) is 0.347. The number of morpholine rings is 1. The standard InChI is InChI=1S/C18H22ClN5O2/c1-13-12-14(19)2-3-15(13)21-18(25)16-4-5-17(23-22-16)20-6-7-24-8-10-26-11-9-24/h2-5,12H,6-11H2,1H3,(H,20,23)(H,21,25). The summed E-state index contributed by atoms with van der Waals surface area (Å²) in [5, 5.41) is 14.8. The van der Waals surface area contributed by atoms with Crippen LogP contribution in [0.4, 0.5) is 11.5 Å². The second-order valence-electron chi connectivity index (χ2n) is 6.10. The summed E-state index contributed by atoms with van der Waals surface area (Å²) in [7, 11) is 0. The van der Waals surface area contributed by atoms with Crippen LogP contribution in [-0.4, -0.2) is 60.4 Å². The van der Waals surface area contributed by atoms with Gasteiger partial charge in [0.1, 0.15) is 5.82 Å². The van der Waals surface area contributed by atoms with Gasteiger partial charge in [-0.25, -0.2) is 0 Å². The molecule has 138 valence electrons. The topological polar surface area (TPSA) is 79.4 Å². The minimum atomic E-state index is -0.303. The van der Waals surface area contributed by atoms with Crippen LogP contribution in [0, 0.1) is 6.92 Å². The van der Waals surface area contributed by atoms with Crippen molar-refractivity contribution < 1.29 is 9.53 Å². The number of amides is 1. The van der Waals surface area contributed by atoms with Gasteiger partial charge in [0.15, 0.2) is 5.69 Å². The lowest BCUT2D eigenvalue weighted by atomic mass is 10.2. The molecule has 1 aliphatic rings. The van der Waals surface area contributed by atoms with Crippen molar-refractivity contribution in [3.63, 3.8) is 0 Å². The molecule has 0 atom stereocenters. The first-order chi connectivity index (χ1) is 12.6. The van der Waals surface area contributed by atoms with Crippen molar-refractivity contribution in [2.45, 2.75) is 6.92 Å². The highest BCUT2D eigenvalue weighted by Gasteiger charge is 2.11. The normalized spacial score (nSPS) is 14.8. The van der Waals surface area contributed by atoms with Crippen LogP contribution in [-0.2, 0) is 4.74 Å². The predicted molar refractivity (Wildman–Crippen MR) is 102 cm³/mol. The molecule has 0 saturated carbocycles. The number of aryl methyl sites for hydroxylation is 1. The van der Waals surface area contributed by atoms with E-state index in [0.717, 1.165) is 45.0 Å². The number of nitrogens with zero attached hydrogens (tertiary/aromatic N) is 3. The van der Waals surface area contributed by atoms with Crippen molar-refractivity contribution in [1.82, 2.24) is 15.1 Å². The van der Waals surface area contributed by atoms with Gasteiger partial charge in [-0.1, -0.05) is 11.6 Å². The fraction of sp³-hybridized carbons (Fsp3) is 0.389. The summed E-state index contributed by atoms with van der Waals surface area (Å²) in [6.45, 7) is 7.06. The van der Waals surface area contributed by atoms with Gasteiger partial charge in [-0.05, 0) is 42.8 Å². The van der Waals surface area contributed by atoms with E-state index < -0.39 is 0 Å². The molecule has 8 heteroatoms. The molecule has 1 aromatic carbocycles. The molecule has 0 unspecified atom stereocenters. The van der Waals surface area contributed by atoms with Crippen LogP contribution in [0.2, 0.25) is 5.02 Å². The molecule has 1 fully saturated rings. The molecule has 0 radical (unpaired) electrons. The summed E-state index contributed by atoms with van der Waals surface area (Å²) in [4.78, 5) is 14.6. The quantitative estimate of drug-likeness (QED) is 0.807. The van der Waals surface area contributed by atoms with Crippen LogP contribution >= 0.6 is 11.6 Å². The van der Waals surface area contributed by atoms with Gasteiger partial charge >= 0.3 is 0 Å². The molecule has 0 aliphatic carbocycles. The SMILES string of the molecule is Cc1cc(Cl)ccc1NC(=O)c1ccc(NCCN2CCOCC2)nn1. The van der Waals surface area contributed by atoms with Gasteiger partial charge in [0, 0.05) is 36.9 Å². The predicted octanol–water partition coefficient (Wildman–Crippen LogP) is 2.43. The van der Waals surface area contributed by atoms with Gasteiger partial charge < -0.3 is 15.4 Å². The van der Waals surface area contributed by atoms with Crippen molar-refractivity contribution in [1.29, 1.82) is 0 Å². The Bertz CT molecular complexity index is 748. The third-order valence-electron chi connectivity index (χ3n) is 4.17. The summed E-state index contributed by atoms with van der Waals surface area (Å²) in [6.07, 6.45) is 0. The Morgan fingerprint density at radius 1 is 1.23 bits per heavy atom. The van der Waals surface area contributed by atoms with E-state index in [2.05, 4.69) is 25.7 Å². The number of carbonyl (C=O) groups excluding carboxylic acids is 1. The Kier molecular flexibility index (Phi) is 6.38. The zero-order chi connectivity index (χ0) is 18.4. The van der Waals surface area contributed by atoms with Crippen LogP contribution < -0.4 is 10.6 Å². The number of anilines is 2. The van der Waals surface area contributed by atoms with E-state index in [1.807, 2.05) is 6.92 Å². The highest BCUT2D eigenvalue weighted by atomic mass is 35.5. The molecule has 2 aromatic rings. The number of hydrogen-bond donors (Lipinski definition) is 2. The zero-order valence-corrected chi connectivity index (χ0v) is 15.4. The summed E-state index contributed by atoms with van der Waals surface area (Å²) in [6, 6.07) is 8.72. The molecule has 26 heavy (non-hydrogen) atoms. The van der Waals surface area contributed by atoms with E-state index in [9.17, 15) is 4.79 Å². The van der Waals surface area contributed by atoms with Crippen molar-refractivity contribution in [2.24, 2.45) is 0 Å². The molecule has 2 N–H and O–H groups in total. The van der Waals surface area contributed by atoms with E-state index in [-0.39, 0.29) is 11.6 Å². The number of rotatable bonds is 6. The van der Waals surface area contributed by atoms with Gasteiger partial charge in [0.2, 0.25) is 0 Å². The fourth-order valence-corrected chi connectivity index (χ4v) is 2.89. The molecule has 1 aliphatic heterocycles. The summed E-state index contributed by atoms with van der Waals surface area (Å²) < 4.78 is 5.33. The number of nitrogens with one attached hydrogen (secondary N) is 2. The number of ether oxygens (including phenoxy) is 1. The molecule has 0 spiro atoms. The Hall–Kier alpha value is -2.22. The number of aromatic nitrogens is 2. The van der Waals surface area contributed by atoms with Crippen molar-refractivity contribution in [2.75, 3.05) is 50.0 Å². The van der Waals surface area contributed by atoms with Gasteiger partial charge in [0.05, 0.1) is 13.2 Å². The Labute approximate surface area is 157 Å². The number of halogens is 1. The minimum Gasteiger partial charge on any atom is -0.379 e. The van der Waals surface area contributed by atoms with Crippen molar-refractivity contribution in [3.8, 4) is 0 Å². The first-order valence-electron chi connectivity index (χ1n) is 8.57. The molecular formula is C18H22ClN5O2. The lowest BCUT2D eigenvalue weighted by Crippen LogP contribution is -2.39. The smallest absolute Gasteiger partial charge is 0.276 e. The van der Waals surface area contributed by atoms with E-state index in [4.69, 9.17) is 16.3 Å². The Morgan fingerprint density at radius 2 is 2.04 bits per heavy atom. The Balaban J connectivity index is 1.50. The van der Waals surface area contributed by atoms with Gasteiger partial charge in [-0.3, -0.25) is 9.69 Å². The highest BCUT2D eigenvalue weighted by Crippen LogP contribution is 2.20. The molecule has 2 heterocycles. The first kappa shape index (κ1) is 18.6. The molecule has 7 nitrogen and oxygen atoms in total. The third kappa shape index (κ3) is 5.14. The molecule has 3 rings (SSSR count). The fourth-order valence-electron chi connectivity index (χ4n) is 2.67. The average Bonchev–Trinajstić information content (AvgIpc) is 2.65. The van der Waals surface area contributed by atoms with E-state index in [0.29, 0.717) is 16.5 Å². The lowest BCUT2D eigenvalue weighted by molar-refractivity contribution is 0.0398. The second kappa shape index (κ2) is 8.93. The lowest BCUT2D eigenvalue weighted by Gasteiger charge is -2.26. The van der Waals surface area contributed by atoms with Gasteiger partial charge in [-0.15, -0.1) is 10.2 Å². The molecular weight excluding hydrogens is 354 g/mol. The number of carbonyl (C=O) groups is 1.